The van der Waals surface area contributed by atoms with Gasteiger partial charge in [-0.25, -0.2) is 0 Å². The van der Waals surface area contributed by atoms with Crippen molar-refractivity contribution >= 4 is 5.71 Å². The van der Waals surface area contributed by atoms with E-state index in [0.717, 1.165) is 37.6 Å². The molecule has 1 aromatic heterocycles. The Balaban J connectivity index is 2.46. The van der Waals surface area contributed by atoms with Gasteiger partial charge in [-0.05, 0) is 32.1 Å². The maximum Gasteiger partial charge on any atom is 0.0837 e. The molecule has 1 aromatic rings. The molecule has 0 bridgehead atoms. The van der Waals surface area contributed by atoms with E-state index < -0.39 is 0 Å². The Labute approximate surface area is 98.2 Å². The summed E-state index contributed by atoms with van der Waals surface area (Å²) >= 11 is 0. The molecule has 0 spiro atoms. The van der Waals surface area contributed by atoms with Gasteiger partial charge in [-0.3, -0.25) is 9.98 Å². The fourth-order valence-electron chi connectivity index (χ4n) is 1.56. The molecule has 0 aromatic carbocycles. The summed E-state index contributed by atoms with van der Waals surface area (Å²) < 4.78 is 0. The van der Waals surface area contributed by atoms with E-state index in [-0.39, 0.29) is 0 Å². The van der Waals surface area contributed by atoms with Gasteiger partial charge >= 0.3 is 0 Å². The molecule has 0 aliphatic carbocycles. The summed E-state index contributed by atoms with van der Waals surface area (Å²) in [7, 11) is 0. The zero-order valence-electron chi connectivity index (χ0n) is 10.5. The third kappa shape index (κ3) is 4.11. The number of likely N-dealkylation sites (N-methyl/N-ethyl adjacent to an activating group) is 1. The summed E-state index contributed by atoms with van der Waals surface area (Å²) in [6.07, 6.45) is 1.80. The van der Waals surface area contributed by atoms with Crippen LogP contribution in [-0.2, 0) is 0 Å². The summed E-state index contributed by atoms with van der Waals surface area (Å²) in [5, 5.41) is 0. The Hall–Kier alpha value is -1.22. The van der Waals surface area contributed by atoms with E-state index in [9.17, 15) is 0 Å². The van der Waals surface area contributed by atoms with Crippen LogP contribution in [0.15, 0.2) is 29.4 Å². The van der Waals surface area contributed by atoms with Crippen molar-refractivity contribution in [1.82, 2.24) is 9.88 Å². The number of pyridine rings is 1. The minimum absolute atomic E-state index is 0.851. The third-order valence-electron chi connectivity index (χ3n) is 2.70. The van der Waals surface area contributed by atoms with Crippen LogP contribution in [0.4, 0.5) is 0 Å². The molecule has 1 heterocycles. The average molecular weight is 219 g/mol. The quantitative estimate of drug-likeness (QED) is 0.686. The predicted octanol–water partition coefficient (Wildman–Crippen LogP) is 2.23. The highest BCUT2D eigenvalue weighted by Crippen LogP contribution is 1.96. The summed E-state index contributed by atoms with van der Waals surface area (Å²) in [5.41, 5.74) is 2.00. The second-order valence-corrected chi connectivity index (χ2v) is 3.71. The molecular formula is C13H21N3. The Morgan fingerprint density at radius 1 is 1.31 bits per heavy atom. The van der Waals surface area contributed by atoms with E-state index in [0.29, 0.717) is 0 Å². The highest BCUT2D eigenvalue weighted by atomic mass is 15.1. The molecule has 3 heteroatoms. The summed E-state index contributed by atoms with van der Waals surface area (Å²) in [4.78, 5) is 11.2. The van der Waals surface area contributed by atoms with Gasteiger partial charge in [-0.2, -0.15) is 0 Å². The van der Waals surface area contributed by atoms with Crippen LogP contribution >= 0.6 is 0 Å². The van der Waals surface area contributed by atoms with Gasteiger partial charge in [0.05, 0.1) is 18.0 Å². The van der Waals surface area contributed by atoms with E-state index in [1.54, 1.807) is 6.20 Å². The smallest absolute Gasteiger partial charge is 0.0837 e. The van der Waals surface area contributed by atoms with Crippen molar-refractivity contribution in [2.75, 3.05) is 26.2 Å². The predicted molar refractivity (Wildman–Crippen MR) is 69.1 cm³/mol. The Morgan fingerprint density at radius 2 is 2.06 bits per heavy atom. The van der Waals surface area contributed by atoms with Crippen molar-refractivity contribution in [3.63, 3.8) is 0 Å². The molecule has 0 saturated carbocycles. The van der Waals surface area contributed by atoms with Gasteiger partial charge in [0.25, 0.3) is 0 Å². The van der Waals surface area contributed by atoms with Crippen LogP contribution in [0, 0.1) is 0 Å². The van der Waals surface area contributed by atoms with Crippen molar-refractivity contribution < 1.29 is 0 Å². The van der Waals surface area contributed by atoms with Crippen molar-refractivity contribution in [1.29, 1.82) is 0 Å². The van der Waals surface area contributed by atoms with Gasteiger partial charge in [0, 0.05) is 12.7 Å². The van der Waals surface area contributed by atoms with Crippen LogP contribution < -0.4 is 0 Å². The van der Waals surface area contributed by atoms with Gasteiger partial charge < -0.3 is 4.90 Å². The lowest BCUT2D eigenvalue weighted by molar-refractivity contribution is 0.313. The number of aromatic nitrogens is 1. The minimum Gasteiger partial charge on any atom is -0.302 e. The molecule has 16 heavy (non-hydrogen) atoms. The van der Waals surface area contributed by atoms with Crippen molar-refractivity contribution in [3.05, 3.63) is 30.1 Å². The van der Waals surface area contributed by atoms with E-state index in [1.165, 1.54) is 0 Å². The SMILES string of the molecule is CCN(CC)CCN=C(C)c1ccccn1. The van der Waals surface area contributed by atoms with E-state index in [2.05, 4.69) is 28.7 Å². The third-order valence-corrected chi connectivity index (χ3v) is 2.70. The first-order valence-electron chi connectivity index (χ1n) is 5.92. The van der Waals surface area contributed by atoms with Gasteiger partial charge in [0.15, 0.2) is 0 Å². The zero-order chi connectivity index (χ0) is 11.8. The normalized spacial score (nSPS) is 12.1. The van der Waals surface area contributed by atoms with Crippen LogP contribution in [0.1, 0.15) is 26.5 Å². The fourth-order valence-corrected chi connectivity index (χ4v) is 1.56. The molecule has 88 valence electrons. The topological polar surface area (TPSA) is 28.5 Å². The van der Waals surface area contributed by atoms with Gasteiger partial charge in [0.2, 0.25) is 0 Å². The van der Waals surface area contributed by atoms with E-state index in [4.69, 9.17) is 0 Å². The molecule has 0 fully saturated rings. The van der Waals surface area contributed by atoms with E-state index >= 15 is 0 Å². The standard InChI is InChI=1S/C13H21N3/c1-4-16(5-2)11-10-14-12(3)13-8-6-7-9-15-13/h6-9H,4-5,10-11H2,1-3H3. The maximum atomic E-state index is 4.54. The molecule has 0 N–H and O–H groups in total. The lowest BCUT2D eigenvalue weighted by Crippen LogP contribution is -2.25. The number of hydrogen-bond donors (Lipinski definition) is 0. The van der Waals surface area contributed by atoms with Gasteiger partial charge in [-0.15, -0.1) is 0 Å². The molecule has 0 radical (unpaired) electrons. The Kier molecular flexibility index (Phi) is 5.72. The lowest BCUT2D eigenvalue weighted by Gasteiger charge is -2.16. The van der Waals surface area contributed by atoms with Gasteiger partial charge in [0.1, 0.15) is 0 Å². The summed E-state index contributed by atoms with van der Waals surface area (Å²) in [5.74, 6) is 0. The first-order valence-corrected chi connectivity index (χ1v) is 5.92. The minimum atomic E-state index is 0.851. The summed E-state index contributed by atoms with van der Waals surface area (Å²) in [6.45, 7) is 10.4. The second-order valence-electron chi connectivity index (χ2n) is 3.71. The molecule has 3 nitrogen and oxygen atoms in total. The second kappa shape index (κ2) is 7.12. The first-order chi connectivity index (χ1) is 7.77. The number of nitrogens with zero attached hydrogens (tertiary/aromatic N) is 3. The van der Waals surface area contributed by atoms with Crippen LogP contribution in [0.3, 0.4) is 0 Å². The first kappa shape index (κ1) is 12.8. The Morgan fingerprint density at radius 3 is 2.62 bits per heavy atom. The molecule has 1 rings (SSSR count). The van der Waals surface area contributed by atoms with Crippen molar-refractivity contribution in [2.45, 2.75) is 20.8 Å². The van der Waals surface area contributed by atoms with Gasteiger partial charge in [-0.1, -0.05) is 19.9 Å². The van der Waals surface area contributed by atoms with Crippen LogP contribution in [0.2, 0.25) is 0 Å². The molecule has 0 saturated heterocycles. The molecule has 0 unspecified atom stereocenters. The molecule has 0 aliphatic rings. The van der Waals surface area contributed by atoms with Crippen molar-refractivity contribution in [3.8, 4) is 0 Å². The van der Waals surface area contributed by atoms with Crippen LogP contribution in [0.25, 0.3) is 0 Å². The fraction of sp³-hybridized carbons (Fsp3) is 0.538. The van der Waals surface area contributed by atoms with E-state index in [1.807, 2.05) is 25.1 Å². The largest absolute Gasteiger partial charge is 0.302 e. The highest BCUT2D eigenvalue weighted by Gasteiger charge is 1.99. The monoisotopic (exact) mass is 219 g/mol. The molecular weight excluding hydrogens is 198 g/mol. The summed E-state index contributed by atoms with van der Waals surface area (Å²) in [6, 6.07) is 5.91. The number of hydrogen-bond acceptors (Lipinski definition) is 3. The highest BCUT2D eigenvalue weighted by molar-refractivity contribution is 5.96. The molecule has 0 aliphatic heterocycles. The molecule has 0 amide bonds. The Bertz CT molecular complexity index is 315. The average Bonchev–Trinajstić information content (AvgIpc) is 2.35. The number of rotatable bonds is 6. The number of aliphatic imine (C=N–C) groups is 1. The maximum absolute atomic E-state index is 4.54. The van der Waals surface area contributed by atoms with Crippen molar-refractivity contribution in [2.24, 2.45) is 4.99 Å². The lowest BCUT2D eigenvalue weighted by atomic mass is 10.2. The van der Waals surface area contributed by atoms with Crippen LogP contribution in [-0.4, -0.2) is 41.8 Å². The molecule has 0 atom stereocenters. The zero-order valence-corrected chi connectivity index (χ0v) is 10.5. The van der Waals surface area contributed by atoms with Crippen LogP contribution in [0.5, 0.6) is 0 Å².